The van der Waals surface area contributed by atoms with Gasteiger partial charge in [0.15, 0.2) is 0 Å². The maximum Gasteiger partial charge on any atom is 0.243 e. The summed E-state index contributed by atoms with van der Waals surface area (Å²) in [7, 11) is 0. The molecule has 0 saturated heterocycles. The van der Waals surface area contributed by atoms with Crippen LogP contribution in [0.4, 0.5) is 0 Å². The first-order valence-corrected chi connectivity index (χ1v) is 7.90. The van der Waals surface area contributed by atoms with Crippen molar-refractivity contribution in [2.45, 2.75) is 52.5 Å². The minimum absolute atomic E-state index is 0.174. The van der Waals surface area contributed by atoms with Crippen LogP contribution in [0.15, 0.2) is 0 Å². The SMILES string of the molecule is CCCCCC(=O)NCC(=O)NC(C(=O)NCC(N)=O)C(C)C. The van der Waals surface area contributed by atoms with E-state index in [9.17, 15) is 19.2 Å². The Morgan fingerprint density at radius 1 is 0.957 bits per heavy atom. The number of nitrogens with one attached hydrogen (secondary N) is 3. The van der Waals surface area contributed by atoms with E-state index >= 15 is 0 Å². The molecule has 0 radical (unpaired) electrons. The Morgan fingerprint density at radius 2 is 1.61 bits per heavy atom. The van der Waals surface area contributed by atoms with Crippen molar-refractivity contribution in [1.82, 2.24) is 16.0 Å². The molecule has 1 atom stereocenters. The van der Waals surface area contributed by atoms with E-state index in [1.165, 1.54) is 0 Å². The number of unbranched alkanes of at least 4 members (excludes halogenated alkanes) is 2. The lowest BCUT2D eigenvalue weighted by Crippen LogP contribution is -2.53. The normalized spacial score (nSPS) is 11.7. The second kappa shape index (κ2) is 11.4. The summed E-state index contributed by atoms with van der Waals surface area (Å²) in [6, 6.07) is -0.793. The standard InChI is InChI=1S/C15H28N4O4/c1-4-5-6-7-12(21)17-9-13(22)19-14(10(2)3)15(23)18-8-11(16)20/h10,14H,4-9H2,1-3H3,(H2,16,20)(H,17,21)(H,18,23)(H,19,22). The summed E-state index contributed by atoms with van der Waals surface area (Å²) in [5.74, 6) is -1.96. The molecule has 1 unspecified atom stereocenters. The smallest absolute Gasteiger partial charge is 0.243 e. The van der Waals surface area contributed by atoms with Gasteiger partial charge >= 0.3 is 0 Å². The predicted molar refractivity (Wildman–Crippen MR) is 86.1 cm³/mol. The predicted octanol–water partition coefficient (Wildman–Crippen LogP) is -0.575. The molecule has 23 heavy (non-hydrogen) atoms. The van der Waals surface area contributed by atoms with Crippen LogP contribution >= 0.6 is 0 Å². The zero-order valence-corrected chi connectivity index (χ0v) is 14.1. The third-order valence-electron chi connectivity index (χ3n) is 3.16. The maximum absolute atomic E-state index is 11.9. The number of hydrogen-bond donors (Lipinski definition) is 4. The second-order valence-corrected chi connectivity index (χ2v) is 5.71. The average molecular weight is 328 g/mol. The van der Waals surface area contributed by atoms with Crippen molar-refractivity contribution in [2.24, 2.45) is 11.7 Å². The first kappa shape index (κ1) is 20.9. The minimum atomic E-state index is -0.793. The maximum atomic E-state index is 11.9. The minimum Gasteiger partial charge on any atom is -0.368 e. The van der Waals surface area contributed by atoms with Crippen LogP contribution in [0.1, 0.15) is 46.5 Å². The van der Waals surface area contributed by atoms with Gasteiger partial charge in [-0.15, -0.1) is 0 Å². The zero-order valence-electron chi connectivity index (χ0n) is 14.1. The molecule has 0 bridgehead atoms. The Labute approximate surface area is 136 Å². The van der Waals surface area contributed by atoms with Crippen LogP contribution in [0, 0.1) is 5.92 Å². The van der Waals surface area contributed by atoms with Crippen LogP contribution in [-0.2, 0) is 19.2 Å². The molecule has 0 aromatic heterocycles. The number of carbonyl (C=O) groups is 4. The Kier molecular flexibility index (Phi) is 10.4. The molecule has 5 N–H and O–H groups in total. The number of nitrogens with two attached hydrogens (primary N) is 1. The Bertz CT molecular complexity index is 424. The van der Waals surface area contributed by atoms with Crippen molar-refractivity contribution in [3.05, 3.63) is 0 Å². The fourth-order valence-electron chi connectivity index (χ4n) is 1.85. The van der Waals surface area contributed by atoms with Gasteiger partial charge in [0.25, 0.3) is 0 Å². The first-order valence-electron chi connectivity index (χ1n) is 7.90. The number of hydrogen-bond acceptors (Lipinski definition) is 4. The van der Waals surface area contributed by atoms with Gasteiger partial charge < -0.3 is 21.7 Å². The van der Waals surface area contributed by atoms with Gasteiger partial charge in [-0.3, -0.25) is 19.2 Å². The van der Waals surface area contributed by atoms with E-state index in [1.54, 1.807) is 13.8 Å². The molecule has 0 aromatic carbocycles. The van der Waals surface area contributed by atoms with Crippen molar-refractivity contribution >= 4 is 23.6 Å². The fraction of sp³-hybridized carbons (Fsp3) is 0.733. The van der Waals surface area contributed by atoms with Crippen LogP contribution in [-0.4, -0.2) is 42.8 Å². The molecule has 4 amide bonds. The second-order valence-electron chi connectivity index (χ2n) is 5.71. The molecule has 0 heterocycles. The molecular formula is C15H28N4O4. The molecule has 0 aliphatic rings. The highest BCUT2D eigenvalue weighted by atomic mass is 16.2. The molecule has 0 aliphatic heterocycles. The molecule has 0 rings (SSSR count). The van der Waals surface area contributed by atoms with Crippen molar-refractivity contribution < 1.29 is 19.2 Å². The van der Waals surface area contributed by atoms with E-state index in [1.807, 2.05) is 6.92 Å². The largest absolute Gasteiger partial charge is 0.368 e. The number of amides is 4. The lowest BCUT2D eigenvalue weighted by Gasteiger charge is -2.21. The summed E-state index contributed by atoms with van der Waals surface area (Å²) in [5, 5.41) is 7.42. The van der Waals surface area contributed by atoms with Crippen molar-refractivity contribution in [1.29, 1.82) is 0 Å². The Balaban J connectivity index is 4.27. The first-order chi connectivity index (χ1) is 10.8. The Hall–Kier alpha value is -2.12. The summed E-state index contributed by atoms with van der Waals surface area (Å²) in [5.41, 5.74) is 4.96. The van der Waals surface area contributed by atoms with E-state index in [0.29, 0.717) is 6.42 Å². The van der Waals surface area contributed by atoms with E-state index in [-0.39, 0.29) is 24.9 Å². The molecule has 0 fully saturated rings. The molecule has 0 saturated carbocycles. The number of primary amides is 1. The van der Waals surface area contributed by atoms with Crippen LogP contribution in [0.25, 0.3) is 0 Å². The molecule has 132 valence electrons. The van der Waals surface area contributed by atoms with Crippen LogP contribution < -0.4 is 21.7 Å². The van der Waals surface area contributed by atoms with Gasteiger partial charge in [0.05, 0.1) is 13.1 Å². The van der Waals surface area contributed by atoms with Gasteiger partial charge in [0.1, 0.15) is 6.04 Å². The molecule has 8 nitrogen and oxygen atoms in total. The topological polar surface area (TPSA) is 130 Å². The molecule has 0 spiro atoms. The highest BCUT2D eigenvalue weighted by Crippen LogP contribution is 2.02. The zero-order chi connectivity index (χ0) is 17.8. The van der Waals surface area contributed by atoms with Gasteiger partial charge in [-0.05, 0) is 12.3 Å². The molecule has 8 heteroatoms. The van der Waals surface area contributed by atoms with Gasteiger partial charge in [-0.1, -0.05) is 33.6 Å². The summed E-state index contributed by atoms with van der Waals surface area (Å²) in [6.07, 6.45) is 3.15. The molecule has 0 aromatic rings. The monoisotopic (exact) mass is 328 g/mol. The highest BCUT2D eigenvalue weighted by Gasteiger charge is 2.24. The van der Waals surface area contributed by atoms with Crippen LogP contribution in [0.5, 0.6) is 0 Å². The average Bonchev–Trinajstić information content (AvgIpc) is 2.48. The van der Waals surface area contributed by atoms with E-state index in [4.69, 9.17) is 5.73 Å². The van der Waals surface area contributed by atoms with Crippen LogP contribution in [0.3, 0.4) is 0 Å². The summed E-state index contributed by atoms with van der Waals surface area (Å²) in [6.45, 7) is 5.10. The van der Waals surface area contributed by atoms with Gasteiger partial charge in [0, 0.05) is 6.42 Å². The van der Waals surface area contributed by atoms with E-state index in [0.717, 1.165) is 19.3 Å². The third kappa shape index (κ3) is 10.3. The third-order valence-corrected chi connectivity index (χ3v) is 3.16. The molecular weight excluding hydrogens is 300 g/mol. The van der Waals surface area contributed by atoms with Crippen molar-refractivity contribution in [3.8, 4) is 0 Å². The van der Waals surface area contributed by atoms with Gasteiger partial charge in [-0.2, -0.15) is 0 Å². The summed E-state index contributed by atoms with van der Waals surface area (Å²) in [4.78, 5) is 46.0. The Morgan fingerprint density at radius 3 is 2.13 bits per heavy atom. The summed E-state index contributed by atoms with van der Waals surface area (Å²) >= 11 is 0. The van der Waals surface area contributed by atoms with E-state index in [2.05, 4.69) is 16.0 Å². The van der Waals surface area contributed by atoms with E-state index < -0.39 is 23.8 Å². The highest BCUT2D eigenvalue weighted by molar-refractivity contribution is 5.91. The van der Waals surface area contributed by atoms with Gasteiger partial charge in [-0.25, -0.2) is 0 Å². The lowest BCUT2D eigenvalue weighted by atomic mass is 10.0. The molecule has 0 aliphatic carbocycles. The van der Waals surface area contributed by atoms with Crippen molar-refractivity contribution in [3.63, 3.8) is 0 Å². The van der Waals surface area contributed by atoms with Crippen LogP contribution in [0.2, 0.25) is 0 Å². The van der Waals surface area contributed by atoms with Gasteiger partial charge in [0.2, 0.25) is 23.6 Å². The van der Waals surface area contributed by atoms with Crippen molar-refractivity contribution in [2.75, 3.05) is 13.1 Å². The number of rotatable bonds is 11. The lowest BCUT2D eigenvalue weighted by molar-refractivity contribution is -0.131. The summed E-state index contributed by atoms with van der Waals surface area (Å²) < 4.78 is 0. The quantitative estimate of drug-likeness (QED) is 0.378. The number of carbonyl (C=O) groups excluding carboxylic acids is 4. The fourth-order valence-corrected chi connectivity index (χ4v) is 1.85.